The number of thiophene rings is 1. The molecule has 0 spiro atoms. The first-order chi connectivity index (χ1) is 8.40. The summed E-state index contributed by atoms with van der Waals surface area (Å²) in [6.07, 6.45) is 3.79. The van der Waals surface area contributed by atoms with Crippen molar-refractivity contribution >= 4 is 16.9 Å². The summed E-state index contributed by atoms with van der Waals surface area (Å²) < 4.78 is 1.85. The maximum Gasteiger partial charge on any atom is 0.0755 e. The van der Waals surface area contributed by atoms with Crippen molar-refractivity contribution in [1.29, 1.82) is 0 Å². The first-order valence-corrected chi connectivity index (χ1v) is 6.25. The molecular weight excluding hydrogens is 232 g/mol. The Bertz CT molecular complexity index is 614. The topological polar surface area (TPSA) is 55.3 Å². The predicted octanol–water partition coefficient (Wildman–Crippen LogP) is 1.95. The van der Waals surface area contributed by atoms with E-state index in [2.05, 4.69) is 22.0 Å². The second-order valence-corrected chi connectivity index (χ2v) is 4.57. The Labute approximate surface area is 103 Å². The van der Waals surface area contributed by atoms with Gasteiger partial charge < -0.3 is 0 Å². The zero-order valence-corrected chi connectivity index (χ0v) is 9.89. The summed E-state index contributed by atoms with van der Waals surface area (Å²) >= 11 is 1.66. The monoisotopic (exact) mass is 244 g/mol. The van der Waals surface area contributed by atoms with E-state index in [1.807, 2.05) is 40.5 Å². The minimum Gasteiger partial charge on any atom is -0.271 e. The maximum absolute atomic E-state index is 5.66. The van der Waals surface area contributed by atoms with Gasteiger partial charge in [0.15, 0.2) is 0 Å². The number of fused-ring (bicyclic) bond motifs is 1. The molecule has 0 aliphatic carbocycles. The highest BCUT2D eigenvalue weighted by molar-refractivity contribution is 7.08. The molecule has 4 nitrogen and oxygen atoms in total. The molecule has 0 fully saturated rings. The van der Waals surface area contributed by atoms with Gasteiger partial charge in [0.2, 0.25) is 0 Å². The molecule has 0 saturated carbocycles. The SMILES string of the molecule is NNC(c1ccsc1)c1cnn2ccccc12. The summed E-state index contributed by atoms with van der Waals surface area (Å²) in [6, 6.07) is 8.06. The van der Waals surface area contributed by atoms with Crippen LogP contribution < -0.4 is 11.3 Å². The third kappa shape index (κ3) is 1.74. The van der Waals surface area contributed by atoms with E-state index in [0.29, 0.717) is 0 Å². The first-order valence-electron chi connectivity index (χ1n) is 5.30. The number of nitrogens with zero attached hydrogens (tertiary/aromatic N) is 2. The number of hydrogen-bond acceptors (Lipinski definition) is 4. The van der Waals surface area contributed by atoms with Gasteiger partial charge in [0.25, 0.3) is 0 Å². The van der Waals surface area contributed by atoms with E-state index in [0.717, 1.165) is 16.6 Å². The lowest BCUT2D eigenvalue weighted by atomic mass is 10.0. The normalized spacial score (nSPS) is 13.0. The van der Waals surface area contributed by atoms with Crippen molar-refractivity contribution in [3.8, 4) is 0 Å². The minimum atomic E-state index is -0.0128. The number of nitrogens with one attached hydrogen (secondary N) is 1. The van der Waals surface area contributed by atoms with Crippen molar-refractivity contribution in [2.45, 2.75) is 6.04 Å². The molecule has 3 rings (SSSR count). The Hall–Kier alpha value is -1.69. The van der Waals surface area contributed by atoms with Crippen LogP contribution in [0.5, 0.6) is 0 Å². The van der Waals surface area contributed by atoms with Crippen LogP contribution in [0, 0.1) is 0 Å². The molecule has 0 aliphatic heterocycles. The van der Waals surface area contributed by atoms with Gasteiger partial charge in [-0.15, -0.1) is 0 Å². The van der Waals surface area contributed by atoms with E-state index in [1.165, 1.54) is 0 Å². The number of hydrazine groups is 1. The molecule has 3 heterocycles. The molecule has 3 N–H and O–H groups in total. The molecule has 17 heavy (non-hydrogen) atoms. The highest BCUT2D eigenvalue weighted by Crippen LogP contribution is 2.26. The molecule has 0 amide bonds. The summed E-state index contributed by atoms with van der Waals surface area (Å²) in [5, 5.41) is 8.46. The molecule has 5 heteroatoms. The van der Waals surface area contributed by atoms with Crippen molar-refractivity contribution in [3.05, 3.63) is 58.5 Å². The zero-order valence-electron chi connectivity index (χ0n) is 9.08. The number of pyridine rings is 1. The average Bonchev–Trinajstić information content (AvgIpc) is 3.01. The van der Waals surface area contributed by atoms with Crippen molar-refractivity contribution < 1.29 is 0 Å². The van der Waals surface area contributed by atoms with E-state index >= 15 is 0 Å². The molecule has 3 aromatic heterocycles. The highest BCUT2D eigenvalue weighted by atomic mass is 32.1. The summed E-state index contributed by atoms with van der Waals surface area (Å²) in [6.45, 7) is 0. The van der Waals surface area contributed by atoms with Gasteiger partial charge in [-0.1, -0.05) is 6.07 Å². The van der Waals surface area contributed by atoms with Gasteiger partial charge in [-0.05, 0) is 34.5 Å². The van der Waals surface area contributed by atoms with Gasteiger partial charge >= 0.3 is 0 Å². The van der Waals surface area contributed by atoms with Gasteiger partial charge in [0, 0.05) is 11.8 Å². The Morgan fingerprint density at radius 3 is 3.06 bits per heavy atom. The standard InChI is InChI=1S/C12H12N4S/c13-15-12(9-4-6-17-8-9)10-7-14-16-5-2-1-3-11(10)16/h1-8,12,15H,13H2. The number of hydrogen-bond donors (Lipinski definition) is 2. The van der Waals surface area contributed by atoms with Crippen LogP contribution in [0.3, 0.4) is 0 Å². The highest BCUT2D eigenvalue weighted by Gasteiger charge is 2.17. The Morgan fingerprint density at radius 2 is 2.29 bits per heavy atom. The molecule has 1 unspecified atom stereocenters. The fourth-order valence-electron chi connectivity index (χ4n) is 1.98. The second kappa shape index (κ2) is 4.29. The number of aromatic nitrogens is 2. The van der Waals surface area contributed by atoms with Gasteiger partial charge in [-0.3, -0.25) is 5.84 Å². The number of nitrogens with two attached hydrogens (primary N) is 1. The van der Waals surface area contributed by atoms with Crippen LogP contribution in [-0.4, -0.2) is 9.61 Å². The molecule has 1 atom stereocenters. The van der Waals surface area contributed by atoms with Crippen molar-refractivity contribution in [3.63, 3.8) is 0 Å². The van der Waals surface area contributed by atoms with Crippen LogP contribution in [0.4, 0.5) is 0 Å². The number of rotatable bonds is 3. The van der Waals surface area contributed by atoms with E-state index in [9.17, 15) is 0 Å². The lowest BCUT2D eigenvalue weighted by molar-refractivity contribution is 0.642. The van der Waals surface area contributed by atoms with E-state index in [-0.39, 0.29) is 6.04 Å². The molecular formula is C12H12N4S. The lowest BCUT2D eigenvalue weighted by Crippen LogP contribution is -2.28. The third-order valence-corrected chi connectivity index (χ3v) is 3.51. The van der Waals surface area contributed by atoms with Crippen molar-refractivity contribution in [2.75, 3.05) is 0 Å². The maximum atomic E-state index is 5.66. The molecule has 3 aromatic rings. The summed E-state index contributed by atoms with van der Waals surface area (Å²) in [4.78, 5) is 0. The van der Waals surface area contributed by atoms with Crippen LogP contribution in [0.25, 0.3) is 5.52 Å². The molecule has 0 aliphatic rings. The summed E-state index contributed by atoms with van der Waals surface area (Å²) in [5.74, 6) is 5.66. The summed E-state index contributed by atoms with van der Waals surface area (Å²) in [7, 11) is 0. The van der Waals surface area contributed by atoms with E-state index in [1.54, 1.807) is 11.3 Å². The van der Waals surface area contributed by atoms with Gasteiger partial charge in [-0.25, -0.2) is 9.94 Å². The average molecular weight is 244 g/mol. The van der Waals surface area contributed by atoms with Crippen LogP contribution >= 0.6 is 11.3 Å². The molecule has 0 aromatic carbocycles. The van der Waals surface area contributed by atoms with E-state index in [4.69, 9.17) is 5.84 Å². The fourth-order valence-corrected chi connectivity index (χ4v) is 2.67. The van der Waals surface area contributed by atoms with Crippen molar-refractivity contribution in [2.24, 2.45) is 5.84 Å². The molecule has 86 valence electrons. The summed E-state index contributed by atoms with van der Waals surface area (Å²) in [5.41, 5.74) is 6.18. The Kier molecular flexibility index (Phi) is 2.64. The van der Waals surface area contributed by atoms with E-state index < -0.39 is 0 Å². The second-order valence-electron chi connectivity index (χ2n) is 3.79. The van der Waals surface area contributed by atoms with Gasteiger partial charge in [0.05, 0.1) is 17.8 Å². The van der Waals surface area contributed by atoms with Gasteiger partial charge in [-0.2, -0.15) is 16.4 Å². The van der Waals surface area contributed by atoms with Gasteiger partial charge in [0.1, 0.15) is 0 Å². The minimum absolute atomic E-state index is 0.0128. The molecule has 0 saturated heterocycles. The van der Waals surface area contributed by atoms with Crippen LogP contribution in [0.1, 0.15) is 17.2 Å². The fraction of sp³-hybridized carbons (Fsp3) is 0.0833. The first kappa shape index (κ1) is 10.5. The van der Waals surface area contributed by atoms with Crippen LogP contribution in [0.2, 0.25) is 0 Å². The largest absolute Gasteiger partial charge is 0.271 e. The Morgan fingerprint density at radius 1 is 1.35 bits per heavy atom. The smallest absolute Gasteiger partial charge is 0.0755 e. The molecule has 0 bridgehead atoms. The Balaban J connectivity index is 2.13. The molecule has 0 radical (unpaired) electrons. The quantitative estimate of drug-likeness (QED) is 0.547. The van der Waals surface area contributed by atoms with Crippen LogP contribution in [0.15, 0.2) is 47.4 Å². The van der Waals surface area contributed by atoms with Crippen molar-refractivity contribution in [1.82, 2.24) is 15.0 Å². The lowest BCUT2D eigenvalue weighted by Gasteiger charge is -2.13. The predicted molar refractivity (Wildman–Crippen MR) is 68.7 cm³/mol. The zero-order chi connectivity index (χ0) is 11.7. The third-order valence-electron chi connectivity index (χ3n) is 2.81. The van der Waals surface area contributed by atoms with Crippen LogP contribution in [-0.2, 0) is 0 Å².